The fraction of sp³-hybridized carbons (Fsp3) is 0.333. The lowest BCUT2D eigenvalue weighted by atomic mass is 10.0. The number of amides is 1. The van der Waals surface area contributed by atoms with Crippen molar-refractivity contribution in [3.05, 3.63) is 69.2 Å². The van der Waals surface area contributed by atoms with Crippen LogP contribution in [0.4, 0.5) is 0 Å². The lowest BCUT2D eigenvalue weighted by Crippen LogP contribution is -2.32. The van der Waals surface area contributed by atoms with Crippen LogP contribution in [0.15, 0.2) is 47.6 Å². The lowest BCUT2D eigenvalue weighted by Gasteiger charge is -2.24. The molecule has 0 spiro atoms. The molecule has 0 aromatic heterocycles. The van der Waals surface area contributed by atoms with Crippen LogP contribution in [-0.4, -0.2) is 23.2 Å². The molecular weight excluding hydrogens is 367 g/mol. The van der Waals surface area contributed by atoms with Gasteiger partial charge in [0, 0.05) is 12.1 Å². The van der Waals surface area contributed by atoms with Crippen LogP contribution in [0.2, 0.25) is 10.0 Å². The summed E-state index contributed by atoms with van der Waals surface area (Å²) in [6, 6.07) is 13.5. The summed E-state index contributed by atoms with van der Waals surface area (Å²) < 4.78 is 0. The van der Waals surface area contributed by atoms with Gasteiger partial charge < -0.3 is 0 Å². The number of aryl methyl sites for hydroxylation is 1. The summed E-state index contributed by atoms with van der Waals surface area (Å²) in [4.78, 5) is 12.7. The molecule has 136 valence electrons. The second-order valence-electron chi connectivity index (χ2n) is 6.51. The molecule has 0 radical (unpaired) electrons. The Morgan fingerprint density at radius 2 is 1.88 bits per heavy atom. The average molecular weight is 389 g/mol. The maximum Gasteiger partial charge on any atom is 0.274 e. The van der Waals surface area contributed by atoms with Crippen molar-refractivity contribution in [3.8, 4) is 0 Å². The molecule has 0 N–H and O–H groups in total. The van der Waals surface area contributed by atoms with E-state index in [4.69, 9.17) is 23.2 Å². The summed E-state index contributed by atoms with van der Waals surface area (Å²) in [5.74, 6) is -0.152. The van der Waals surface area contributed by atoms with Crippen molar-refractivity contribution in [1.82, 2.24) is 5.01 Å². The first-order chi connectivity index (χ1) is 12.6. The molecule has 0 saturated heterocycles. The Kier molecular flexibility index (Phi) is 6.33. The highest BCUT2D eigenvalue weighted by Crippen LogP contribution is 2.24. The van der Waals surface area contributed by atoms with E-state index in [2.05, 4.69) is 36.3 Å². The van der Waals surface area contributed by atoms with Crippen molar-refractivity contribution >= 4 is 34.8 Å². The van der Waals surface area contributed by atoms with Crippen LogP contribution < -0.4 is 0 Å². The number of carbonyl (C=O) groups excluding carboxylic acids is 1. The van der Waals surface area contributed by atoms with Crippen molar-refractivity contribution in [2.45, 2.75) is 39.0 Å². The first-order valence-corrected chi connectivity index (χ1v) is 9.78. The lowest BCUT2D eigenvalue weighted by molar-refractivity contribution is 0.0751. The van der Waals surface area contributed by atoms with E-state index in [0.717, 1.165) is 30.5 Å². The molecule has 0 fully saturated rings. The third-order valence-corrected chi connectivity index (χ3v) is 5.27. The molecule has 1 aliphatic rings. The van der Waals surface area contributed by atoms with E-state index in [1.807, 2.05) is 0 Å². The largest absolute Gasteiger partial charge is 0.274 e. The monoisotopic (exact) mass is 388 g/mol. The fourth-order valence-electron chi connectivity index (χ4n) is 3.01. The quantitative estimate of drug-likeness (QED) is 0.620. The van der Waals surface area contributed by atoms with Crippen molar-refractivity contribution < 1.29 is 4.79 Å². The van der Waals surface area contributed by atoms with Gasteiger partial charge in [-0.2, -0.15) is 5.10 Å². The van der Waals surface area contributed by atoms with Crippen LogP contribution in [0.3, 0.4) is 0 Å². The minimum Gasteiger partial charge on any atom is -0.267 e. The highest BCUT2D eigenvalue weighted by Gasteiger charge is 2.21. The Morgan fingerprint density at radius 3 is 2.58 bits per heavy atom. The number of hydrogen-bond acceptors (Lipinski definition) is 2. The molecule has 1 aliphatic heterocycles. The van der Waals surface area contributed by atoms with Gasteiger partial charge in [0.15, 0.2) is 0 Å². The zero-order chi connectivity index (χ0) is 18.5. The summed E-state index contributed by atoms with van der Waals surface area (Å²) in [5.41, 5.74) is 3.87. The van der Waals surface area contributed by atoms with Gasteiger partial charge in [0.2, 0.25) is 0 Å². The minimum absolute atomic E-state index is 0.152. The Balaban J connectivity index is 1.78. The Labute approximate surface area is 164 Å². The molecule has 0 aliphatic carbocycles. The van der Waals surface area contributed by atoms with E-state index >= 15 is 0 Å². The molecule has 1 amide bonds. The number of unbranched alkanes of at least 4 members (excludes halogenated alkanes) is 1. The molecule has 3 nitrogen and oxygen atoms in total. The van der Waals surface area contributed by atoms with Crippen LogP contribution in [0, 0.1) is 0 Å². The number of benzene rings is 2. The zero-order valence-electron chi connectivity index (χ0n) is 14.8. The van der Waals surface area contributed by atoms with Gasteiger partial charge in [-0.25, -0.2) is 5.01 Å². The van der Waals surface area contributed by atoms with Gasteiger partial charge in [0.05, 0.1) is 15.8 Å². The molecule has 26 heavy (non-hydrogen) atoms. The van der Waals surface area contributed by atoms with E-state index < -0.39 is 0 Å². The van der Waals surface area contributed by atoms with Crippen LogP contribution in [-0.2, 0) is 6.42 Å². The van der Waals surface area contributed by atoms with Gasteiger partial charge in [0.1, 0.15) is 0 Å². The topological polar surface area (TPSA) is 32.7 Å². The number of rotatable bonds is 5. The number of nitrogens with zero attached hydrogens (tertiary/aromatic N) is 2. The predicted molar refractivity (Wildman–Crippen MR) is 108 cm³/mol. The molecule has 2 aromatic carbocycles. The van der Waals surface area contributed by atoms with E-state index in [1.54, 1.807) is 18.2 Å². The highest BCUT2D eigenvalue weighted by molar-refractivity contribution is 6.42. The SMILES string of the molecule is CCCCc1ccc(C2=NN(C(=O)c3ccc(Cl)c(Cl)c3)CCC2)cc1. The van der Waals surface area contributed by atoms with Crippen molar-refractivity contribution in [1.29, 1.82) is 0 Å². The van der Waals surface area contributed by atoms with Gasteiger partial charge in [0.25, 0.3) is 5.91 Å². The van der Waals surface area contributed by atoms with E-state index in [-0.39, 0.29) is 5.91 Å². The highest BCUT2D eigenvalue weighted by atomic mass is 35.5. The molecule has 1 heterocycles. The second-order valence-corrected chi connectivity index (χ2v) is 7.32. The third kappa shape index (κ3) is 4.46. The third-order valence-electron chi connectivity index (χ3n) is 4.53. The van der Waals surface area contributed by atoms with Gasteiger partial charge in [-0.3, -0.25) is 4.79 Å². The number of hydrazone groups is 1. The molecule has 0 saturated carbocycles. The zero-order valence-corrected chi connectivity index (χ0v) is 16.4. The standard InChI is InChI=1S/C21H22Cl2N2O/c1-2-3-5-15-7-9-16(10-8-15)20-6-4-13-25(24-20)21(26)17-11-12-18(22)19(23)14-17/h7-12,14H,2-6,13H2,1H3. The fourth-order valence-corrected chi connectivity index (χ4v) is 3.31. The van der Waals surface area contributed by atoms with Crippen LogP contribution in [0.1, 0.15) is 54.1 Å². The molecule has 0 unspecified atom stereocenters. The number of carbonyl (C=O) groups is 1. The number of hydrogen-bond donors (Lipinski definition) is 0. The summed E-state index contributed by atoms with van der Waals surface area (Å²) in [6.45, 7) is 2.81. The molecule has 0 bridgehead atoms. The molecule has 0 atom stereocenters. The van der Waals surface area contributed by atoms with Gasteiger partial charge in [-0.05, 0) is 55.0 Å². The first-order valence-electron chi connectivity index (χ1n) is 9.02. The maximum atomic E-state index is 12.7. The Morgan fingerprint density at radius 1 is 1.12 bits per heavy atom. The van der Waals surface area contributed by atoms with Crippen LogP contribution in [0.25, 0.3) is 0 Å². The minimum atomic E-state index is -0.152. The second kappa shape index (κ2) is 8.70. The van der Waals surface area contributed by atoms with Gasteiger partial charge in [-0.15, -0.1) is 0 Å². The summed E-state index contributed by atoms with van der Waals surface area (Å²) in [5, 5.41) is 6.94. The number of halogens is 2. The van der Waals surface area contributed by atoms with Crippen molar-refractivity contribution in [2.75, 3.05) is 6.54 Å². The molecule has 5 heteroatoms. The van der Waals surface area contributed by atoms with Crippen LogP contribution in [0.5, 0.6) is 0 Å². The smallest absolute Gasteiger partial charge is 0.267 e. The Hall–Kier alpha value is -1.84. The van der Waals surface area contributed by atoms with Crippen LogP contribution >= 0.6 is 23.2 Å². The van der Waals surface area contributed by atoms with E-state index in [0.29, 0.717) is 22.2 Å². The first kappa shape index (κ1) is 18.9. The predicted octanol–water partition coefficient (Wildman–Crippen LogP) is 5.98. The molecular formula is C21H22Cl2N2O. The van der Waals surface area contributed by atoms with Gasteiger partial charge >= 0.3 is 0 Å². The van der Waals surface area contributed by atoms with Crippen molar-refractivity contribution in [2.24, 2.45) is 5.10 Å². The molecule has 3 rings (SSSR count). The van der Waals surface area contributed by atoms with E-state index in [9.17, 15) is 4.79 Å². The molecule has 2 aromatic rings. The van der Waals surface area contributed by atoms with Crippen molar-refractivity contribution in [3.63, 3.8) is 0 Å². The Bertz CT molecular complexity index is 815. The summed E-state index contributed by atoms with van der Waals surface area (Å²) >= 11 is 12.0. The van der Waals surface area contributed by atoms with E-state index in [1.165, 1.54) is 23.4 Å². The average Bonchev–Trinajstić information content (AvgIpc) is 2.68. The normalized spacial score (nSPS) is 14.3. The summed E-state index contributed by atoms with van der Waals surface area (Å²) in [7, 11) is 0. The maximum absolute atomic E-state index is 12.7. The summed E-state index contributed by atoms with van der Waals surface area (Å²) in [6.07, 6.45) is 5.26. The van der Waals surface area contributed by atoms with Gasteiger partial charge in [-0.1, -0.05) is 60.8 Å².